The molecule has 4 rings (SSSR count). The van der Waals surface area contributed by atoms with Gasteiger partial charge in [-0.25, -0.2) is 4.79 Å². The van der Waals surface area contributed by atoms with Crippen molar-refractivity contribution in [3.63, 3.8) is 0 Å². The molecule has 0 saturated heterocycles. The summed E-state index contributed by atoms with van der Waals surface area (Å²) < 4.78 is 6.99. The zero-order chi connectivity index (χ0) is 19.3. The van der Waals surface area contributed by atoms with Gasteiger partial charge in [-0.1, -0.05) is 42.5 Å². The Balaban J connectivity index is 1.25. The molecule has 0 saturated carbocycles. The Morgan fingerprint density at radius 3 is 2.68 bits per heavy atom. The van der Waals surface area contributed by atoms with Gasteiger partial charge < -0.3 is 9.72 Å². The monoisotopic (exact) mass is 392 g/mol. The smallest absolute Gasteiger partial charge is 0.326 e. The topological polar surface area (TPSA) is 64.1 Å². The second kappa shape index (κ2) is 8.35. The zero-order valence-corrected chi connectivity index (χ0v) is 16.1. The third-order valence-electron chi connectivity index (χ3n) is 4.55. The fraction of sp³-hybridized carbons (Fsp3) is 0.182. The first kappa shape index (κ1) is 18.4. The molecule has 28 heavy (non-hydrogen) atoms. The Labute approximate surface area is 166 Å². The molecular formula is C22H20N2O3S. The van der Waals surface area contributed by atoms with Crippen LogP contribution in [0.2, 0.25) is 0 Å². The summed E-state index contributed by atoms with van der Waals surface area (Å²) in [5, 5.41) is 2.34. The highest BCUT2D eigenvalue weighted by Gasteiger charge is 2.08. The summed E-state index contributed by atoms with van der Waals surface area (Å²) in [6, 6.07) is 21.9. The van der Waals surface area contributed by atoms with E-state index in [9.17, 15) is 9.59 Å². The van der Waals surface area contributed by atoms with Gasteiger partial charge in [0.05, 0.1) is 23.4 Å². The first-order valence-corrected chi connectivity index (χ1v) is 10.1. The van der Waals surface area contributed by atoms with Crippen molar-refractivity contribution in [2.75, 3.05) is 12.4 Å². The lowest BCUT2D eigenvalue weighted by Gasteiger charge is -2.07. The Hall–Kier alpha value is -2.99. The van der Waals surface area contributed by atoms with Gasteiger partial charge in [0.1, 0.15) is 0 Å². The molecule has 1 heterocycles. The maximum atomic E-state index is 12.0. The van der Waals surface area contributed by atoms with Crippen LogP contribution >= 0.6 is 11.8 Å². The van der Waals surface area contributed by atoms with Gasteiger partial charge in [0.15, 0.2) is 0 Å². The number of esters is 1. The largest absolute Gasteiger partial charge is 0.465 e. The summed E-state index contributed by atoms with van der Waals surface area (Å²) >= 11 is 1.47. The number of hydrogen-bond donors (Lipinski definition) is 1. The standard InChI is InChI=1S/C22H20N2O3S/c25-21(15-28-18-11-10-16-6-1-2-7-17(16)14-18)27-13-5-12-24-20-9-4-3-8-19(20)23-22(24)26/h1-4,6-11,14H,5,12-13,15H2,(H,23,26). The number of thioether (sulfide) groups is 1. The van der Waals surface area contributed by atoms with Crippen LogP contribution in [0.4, 0.5) is 0 Å². The van der Waals surface area contributed by atoms with Crippen LogP contribution in [0.5, 0.6) is 0 Å². The van der Waals surface area contributed by atoms with Crippen LogP contribution in [0.15, 0.2) is 76.4 Å². The highest BCUT2D eigenvalue weighted by atomic mass is 32.2. The van der Waals surface area contributed by atoms with E-state index in [1.165, 1.54) is 17.1 Å². The number of aromatic nitrogens is 2. The van der Waals surface area contributed by atoms with Crippen LogP contribution < -0.4 is 5.69 Å². The van der Waals surface area contributed by atoms with Gasteiger partial charge in [0.25, 0.3) is 0 Å². The van der Waals surface area contributed by atoms with Crippen LogP contribution in [-0.2, 0) is 16.1 Å². The molecule has 0 aliphatic heterocycles. The van der Waals surface area contributed by atoms with Crippen molar-refractivity contribution in [3.05, 3.63) is 77.2 Å². The van der Waals surface area contributed by atoms with E-state index in [2.05, 4.69) is 29.2 Å². The first-order valence-electron chi connectivity index (χ1n) is 9.15. The van der Waals surface area contributed by atoms with Gasteiger partial charge in [0.2, 0.25) is 0 Å². The number of nitrogens with one attached hydrogen (secondary N) is 1. The molecule has 0 spiro atoms. The second-order valence-corrected chi connectivity index (χ2v) is 7.52. The van der Waals surface area contributed by atoms with E-state index >= 15 is 0 Å². The van der Waals surface area contributed by atoms with Crippen molar-refractivity contribution in [1.82, 2.24) is 9.55 Å². The fourth-order valence-electron chi connectivity index (χ4n) is 3.18. The molecule has 6 heteroatoms. The number of para-hydroxylation sites is 2. The molecule has 0 radical (unpaired) electrons. The molecule has 4 aromatic rings. The minimum absolute atomic E-state index is 0.139. The molecule has 0 unspecified atom stereocenters. The maximum Gasteiger partial charge on any atom is 0.326 e. The summed E-state index contributed by atoms with van der Waals surface area (Å²) in [7, 11) is 0. The lowest BCUT2D eigenvalue weighted by atomic mass is 10.1. The van der Waals surface area contributed by atoms with Crippen molar-refractivity contribution in [1.29, 1.82) is 0 Å². The number of carbonyl (C=O) groups excluding carboxylic acids is 1. The lowest BCUT2D eigenvalue weighted by molar-refractivity contribution is -0.140. The molecular weight excluding hydrogens is 372 g/mol. The third-order valence-corrected chi connectivity index (χ3v) is 5.52. The molecule has 1 N–H and O–H groups in total. The Bertz CT molecular complexity index is 1180. The van der Waals surface area contributed by atoms with Crippen molar-refractivity contribution in [3.8, 4) is 0 Å². The quantitative estimate of drug-likeness (QED) is 0.291. The number of ether oxygens (including phenoxy) is 1. The molecule has 0 atom stereocenters. The average Bonchev–Trinajstić information content (AvgIpc) is 3.04. The van der Waals surface area contributed by atoms with Gasteiger partial charge in [0, 0.05) is 11.4 Å². The van der Waals surface area contributed by atoms with Gasteiger partial charge >= 0.3 is 11.7 Å². The van der Waals surface area contributed by atoms with E-state index < -0.39 is 0 Å². The van der Waals surface area contributed by atoms with Gasteiger partial charge in [-0.3, -0.25) is 9.36 Å². The number of fused-ring (bicyclic) bond motifs is 2. The number of aryl methyl sites for hydroxylation is 1. The van der Waals surface area contributed by atoms with E-state index in [1.807, 2.05) is 42.5 Å². The molecule has 1 aromatic heterocycles. The molecule has 5 nitrogen and oxygen atoms in total. The van der Waals surface area contributed by atoms with E-state index in [0.29, 0.717) is 19.6 Å². The van der Waals surface area contributed by atoms with Gasteiger partial charge in [-0.2, -0.15) is 0 Å². The van der Waals surface area contributed by atoms with Crippen LogP contribution in [0.1, 0.15) is 6.42 Å². The van der Waals surface area contributed by atoms with Crippen molar-refractivity contribution in [2.45, 2.75) is 17.9 Å². The summed E-state index contributed by atoms with van der Waals surface area (Å²) in [4.78, 5) is 27.9. The lowest BCUT2D eigenvalue weighted by Crippen LogP contribution is -2.18. The van der Waals surface area contributed by atoms with Crippen molar-refractivity contribution < 1.29 is 9.53 Å². The predicted octanol–water partition coefficient (Wildman–Crippen LogP) is 4.21. The normalized spacial score (nSPS) is 11.1. The molecule has 0 aliphatic rings. The van der Waals surface area contributed by atoms with Crippen molar-refractivity contribution in [2.24, 2.45) is 0 Å². The van der Waals surface area contributed by atoms with Gasteiger partial charge in [-0.15, -0.1) is 11.8 Å². The number of benzene rings is 3. The number of rotatable bonds is 7. The SMILES string of the molecule is O=C(CSc1ccc2ccccc2c1)OCCCn1c(=O)[nH]c2ccccc21. The third kappa shape index (κ3) is 4.12. The summed E-state index contributed by atoms with van der Waals surface area (Å²) in [6.45, 7) is 0.803. The average molecular weight is 392 g/mol. The minimum atomic E-state index is -0.246. The number of nitrogens with zero attached hydrogens (tertiary/aromatic N) is 1. The molecule has 142 valence electrons. The highest BCUT2D eigenvalue weighted by Crippen LogP contribution is 2.23. The van der Waals surface area contributed by atoms with E-state index in [-0.39, 0.29) is 17.4 Å². The molecule has 0 fully saturated rings. The molecule has 0 aliphatic carbocycles. The predicted molar refractivity (Wildman–Crippen MR) is 113 cm³/mol. The number of imidazole rings is 1. The zero-order valence-electron chi connectivity index (χ0n) is 15.3. The summed E-state index contributed by atoms with van der Waals surface area (Å²) in [5.74, 6) is 0.0233. The van der Waals surface area contributed by atoms with Crippen LogP contribution in [0, 0.1) is 0 Å². The maximum absolute atomic E-state index is 12.0. The van der Waals surface area contributed by atoms with Gasteiger partial charge in [-0.05, 0) is 41.5 Å². The fourth-order valence-corrected chi connectivity index (χ4v) is 3.92. The minimum Gasteiger partial charge on any atom is -0.465 e. The molecule has 0 bridgehead atoms. The Kier molecular flexibility index (Phi) is 5.48. The number of carbonyl (C=O) groups is 1. The number of aromatic amines is 1. The highest BCUT2D eigenvalue weighted by molar-refractivity contribution is 8.00. The van der Waals surface area contributed by atoms with E-state index in [1.54, 1.807) is 4.57 Å². The van der Waals surface area contributed by atoms with E-state index in [4.69, 9.17) is 4.74 Å². The number of hydrogen-bond acceptors (Lipinski definition) is 4. The molecule has 3 aromatic carbocycles. The molecule has 0 amide bonds. The first-order chi connectivity index (χ1) is 13.7. The van der Waals surface area contributed by atoms with Crippen LogP contribution in [0.25, 0.3) is 21.8 Å². The second-order valence-electron chi connectivity index (χ2n) is 6.47. The Morgan fingerprint density at radius 2 is 1.79 bits per heavy atom. The van der Waals surface area contributed by atoms with Crippen LogP contribution in [-0.4, -0.2) is 27.9 Å². The summed E-state index contributed by atoms with van der Waals surface area (Å²) in [6.07, 6.45) is 0.591. The van der Waals surface area contributed by atoms with Crippen LogP contribution in [0.3, 0.4) is 0 Å². The van der Waals surface area contributed by atoms with E-state index in [0.717, 1.165) is 21.3 Å². The number of H-pyrrole nitrogens is 1. The Morgan fingerprint density at radius 1 is 1.00 bits per heavy atom. The van der Waals surface area contributed by atoms with Crippen molar-refractivity contribution >= 4 is 39.5 Å². The summed E-state index contributed by atoms with van der Waals surface area (Å²) in [5.41, 5.74) is 1.54.